The molecule has 0 saturated heterocycles. The van der Waals surface area contributed by atoms with E-state index in [1.807, 2.05) is 0 Å². The lowest BCUT2D eigenvalue weighted by atomic mass is 10.4. The molecule has 0 N–H and O–H groups in total. The standard InChI is InChI=1S/C5H9.Al/c1-2-4-5-3-1;/h1H,2-5H2;. The van der Waals surface area contributed by atoms with Crippen LogP contribution in [0.15, 0.2) is 0 Å². The summed E-state index contributed by atoms with van der Waals surface area (Å²) in [6.07, 6.45) is 5.83. The normalized spacial score (nSPS) is 25.3. The van der Waals surface area contributed by atoms with Gasteiger partial charge in [0.25, 0.3) is 0 Å². The monoisotopic (exact) mass is 96.1 g/mol. The molecule has 0 heterocycles. The first-order valence-electron chi connectivity index (χ1n) is 2.65. The lowest BCUT2D eigenvalue weighted by Crippen LogP contribution is -1.77. The molecule has 0 nitrogen and oxygen atoms in total. The van der Waals surface area contributed by atoms with Crippen LogP contribution >= 0.6 is 0 Å². The van der Waals surface area contributed by atoms with Crippen LogP contribution in [0, 0.1) is 0 Å². The molecule has 2 radical (unpaired) electrons. The molecule has 1 heteroatoms. The lowest BCUT2D eigenvalue weighted by molar-refractivity contribution is 0.880. The molecule has 1 aliphatic rings. The summed E-state index contributed by atoms with van der Waals surface area (Å²) >= 11 is 2.87. The maximum atomic E-state index is 2.87. The van der Waals surface area contributed by atoms with Crippen molar-refractivity contribution in [2.45, 2.75) is 30.5 Å². The fraction of sp³-hybridized carbons (Fsp3) is 1.00. The minimum atomic E-state index is 0.963. The largest absolute Gasteiger partial charge is 0.123 e. The van der Waals surface area contributed by atoms with Gasteiger partial charge in [-0.3, -0.25) is 0 Å². The van der Waals surface area contributed by atoms with Crippen molar-refractivity contribution in [1.29, 1.82) is 0 Å². The molecule has 0 aromatic heterocycles. The Morgan fingerprint density at radius 1 is 1.17 bits per heavy atom. The van der Waals surface area contributed by atoms with Crippen LogP contribution in [0.25, 0.3) is 0 Å². The van der Waals surface area contributed by atoms with Crippen LogP contribution < -0.4 is 0 Å². The molecule has 0 aromatic rings. The maximum absolute atomic E-state index is 2.87. The van der Waals surface area contributed by atoms with Crippen molar-refractivity contribution >= 4 is 16.3 Å². The molecule has 0 bridgehead atoms. The second-order valence-corrected chi connectivity index (χ2v) is 2.99. The summed E-state index contributed by atoms with van der Waals surface area (Å²) in [7, 11) is 0. The summed E-state index contributed by atoms with van der Waals surface area (Å²) in [5.41, 5.74) is 0. The second kappa shape index (κ2) is 2.00. The first-order chi connectivity index (χ1) is 2.89. The van der Waals surface area contributed by atoms with Crippen molar-refractivity contribution < 1.29 is 0 Å². The summed E-state index contributed by atoms with van der Waals surface area (Å²) in [6.45, 7) is 0. The SMILES string of the molecule is [Al][CH]1CCCC1. The van der Waals surface area contributed by atoms with Gasteiger partial charge in [0.05, 0.1) is 0 Å². The minimum absolute atomic E-state index is 0.963. The molecule has 0 spiro atoms. The quantitative estimate of drug-likeness (QED) is 0.401. The van der Waals surface area contributed by atoms with Crippen LogP contribution in [0.4, 0.5) is 0 Å². The average molecular weight is 96.1 g/mol. The zero-order chi connectivity index (χ0) is 4.41. The van der Waals surface area contributed by atoms with Crippen LogP contribution in [0.5, 0.6) is 0 Å². The van der Waals surface area contributed by atoms with Gasteiger partial charge < -0.3 is 0 Å². The number of rotatable bonds is 0. The van der Waals surface area contributed by atoms with Gasteiger partial charge in [0.2, 0.25) is 0 Å². The Balaban J connectivity index is 2.18. The molecule has 1 rings (SSSR count). The molecule has 0 unspecified atom stereocenters. The maximum Gasteiger partial charge on any atom is 0.123 e. The molecule has 0 amide bonds. The van der Waals surface area contributed by atoms with Gasteiger partial charge in [0.15, 0.2) is 0 Å². The summed E-state index contributed by atoms with van der Waals surface area (Å²) in [4.78, 5) is 0. The first kappa shape index (κ1) is 4.69. The van der Waals surface area contributed by atoms with E-state index in [0.29, 0.717) is 0 Å². The zero-order valence-electron chi connectivity index (χ0n) is 3.98. The third-order valence-electron chi connectivity index (χ3n) is 1.40. The molecular formula is C5H9Al. The molecule has 1 aliphatic carbocycles. The van der Waals surface area contributed by atoms with E-state index in [1.54, 1.807) is 0 Å². The molecule has 6 heavy (non-hydrogen) atoms. The molecule has 0 atom stereocenters. The third-order valence-corrected chi connectivity index (χ3v) is 2.07. The second-order valence-electron chi connectivity index (χ2n) is 2.04. The predicted octanol–water partition coefficient (Wildman–Crippen LogP) is 1.52. The Bertz CT molecular complexity index is 37.2. The van der Waals surface area contributed by atoms with Crippen LogP contribution in [-0.2, 0) is 0 Å². The highest BCUT2D eigenvalue weighted by Crippen LogP contribution is 2.26. The van der Waals surface area contributed by atoms with E-state index >= 15 is 0 Å². The summed E-state index contributed by atoms with van der Waals surface area (Å²) in [5.74, 6) is 0. The van der Waals surface area contributed by atoms with Gasteiger partial charge in [-0.15, -0.1) is 4.78 Å². The van der Waals surface area contributed by atoms with Gasteiger partial charge in [-0.1, -0.05) is 25.7 Å². The van der Waals surface area contributed by atoms with E-state index in [-0.39, 0.29) is 0 Å². The highest BCUT2D eigenvalue weighted by atomic mass is 27.0. The highest BCUT2D eigenvalue weighted by molar-refractivity contribution is 6.11. The van der Waals surface area contributed by atoms with Gasteiger partial charge in [-0.2, -0.15) is 0 Å². The van der Waals surface area contributed by atoms with Crippen molar-refractivity contribution in [2.24, 2.45) is 0 Å². The molecule has 1 saturated carbocycles. The Morgan fingerprint density at radius 3 is 1.83 bits per heavy atom. The van der Waals surface area contributed by atoms with Gasteiger partial charge >= 0.3 is 0 Å². The van der Waals surface area contributed by atoms with E-state index in [4.69, 9.17) is 0 Å². The van der Waals surface area contributed by atoms with E-state index in [0.717, 1.165) is 4.78 Å². The Kier molecular flexibility index (Phi) is 1.56. The number of hydrogen-bond donors (Lipinski definition) is 0. The van der Waals surface area contributed by atoms with Crippen molar-refractivity contribution in [3.05, 3.63) is 0 Å². The van der Waals surface area contributed by atoms with Crippen molar-refractivity contribution in [3.63, 3.8) is 0 Å². The van der Waals surface area contributed by atoms with Crippen LogP contribution in [0.3, 0.4) is 0 Å². The van der Waals surface area contributed by atoms with E-state index < -0.39 is 0 Å². The molecule has 32 valence electrons. The van der Waals surface area contributed by atoms with E-state index in [1.165, 1.54) is 25.7 Å². The lowest BCUT2D eigenvalue weighted by Gasteiger charge is -1.92. The Labute approximate surface area is 47.4 Å². The number of hydrogen-bond acceptors (Lipinski definition) is 0. The molecule has 0 aromatic carbocycles. The van der Waals surface area contributed by atoms with Crippen molar-refractivity contribution in [1.82, 2.24) is 0 Å². The fourth-order valence-electron chi connectivity index (χ4n) is 0.957. The Morgan fingerprint density at radius 2 is 1.67 bits per heavy atom. The van der Waals surface area contributed by atoms with E-state index in [2.05, 4.69) is 16.3 Å². The average Bonchev–Trinajstić information content (AvgIpc) is 1.86. The fourth-order valence-corrected chi connectivity index (χ4v) is 1.43. The van der Waals surface area contributed by atoms with Gasteiger partial charge in [-0.25, -0.2) is 0 Å². The highest BCUT2D eigenvalue weighted by Gasteiger charge is 2.06. The van der Waals surface area contributed by atoms with E-state index in [9.17, 15) is 0 Å². The third kappa shape index (κ3) is 0.997. The zero-order valence-corrected chi connectivity index (χ0v) is 5.14. The van der Waals surface area contributed by atoms with Crippen LogP contribution in [-0.4, -0.2) is 16.3 Å². The Hall–Kier alpha value is 0.532. The van der Waals surface area contributed by atoms with Gasteiger partial charge in [0, 0.05) is 0 Å². The molecule has 0 aliphatic heterocycles. The predicted molar refractivity (Wildman–Crippen MR) is 28.0 cm³/mol. The van der Waals surface area contributed by atoms with Crippen LogP contribution in [0.1, 0.15) is 25.7 Å². The smallest absolute Gasteiger partial charge is 0.107 e. The first-order valence-corrected chi connectivity index (χ1v) is 3.32. The van der Waals surface area contributed by atoms with Gasteiger partial charge in [-0.05, 0) is 0 Å². The molecular weight excluding hydrogens is 87.0 g/mol. The summed E-state index contributed by atoms with van der Waals surface area (Å²) in [5, 5.41) is 0. The van der Waals surface area contributed by atoms with Crippen molar-refractivity contribution in [2.75, 3.05) is 0 Å². The van der Waals surface area contributed by atoms with Crippen LogP contribution in [0.2, 0.25) is 4.78 Å². The van der Waals surface area contributed by atoms with Crippen molar-refractivity contribution in [3.8, 4) is 0 Å². The minimum Gasteiger partial charge on any atom is -0.107 e. The van der Waals surface area contributed by atoms with Gasteiger partial charge in [0.1, 0.15) is 16.3 Å². The summed E-state index contributed by atoms with van der Waals surface area (Å²) in [6, 6.07) is 0. The topological polar surface area (TPSA) is 0 Å². The molecule has 1 fully saturated rings. The summed E-state index contributed by atoms with van der Waals surface area (Å²) < 4.78 is 0.963.